The van der Waals surface area contributed by atoms with Crippen LogP contribution in [0.1, 0.15) is 11.1 Å². The molecule has 5 nitrogen and oxygen atoms in total. The van der Waals surface area contributed by atoms with Crippen LogP contribution in [0.5, 0.6) is 0 Å². The lowest BCUT2D eigenvalue weighted by Crippen LogP contribution is -2.12. The highest BCUT2D eigenvalue weighted by atomic mass is 16.3. The van der Waals surface area contributed by atoms with E-state index >= 15 is 0 Å². The van der Waals surface area contributed by atoms with E-state index in [0.29, 0.717) is 5.56 Å². The van der Waals surface area contributed by atoms with E-state index in [-0.39, 0.29) is 0 Å². The lowest BCUT2D eigenvalue weighted by atomic mass is 9.91. The highest BCUT2D eigenvalue weighted by Crippen LogP contribution is 2.51. The standard InChI is InChI=1S/C66H41N3O2/c1-41-34-47(43-14-4-2-5-15-43)38-49(35-41)68(59-22-12-20-53-51-18-8-10-24-61(51)70-65(53)59)57-32-28-45-27-31-56-58(33-29-46-26-30-55(57)63(45)64(46)56)69(50-37-42(40-67)36-48(39-50)44-16-6-3-7-17-44)60-23-13-21-54-52-19-9-11-25-62(52)71-66(54)60/h2-39H,1H3. The smallest absolute Gasteiger partial charge is 0.159 e. The van der Waals surface area contributed by atoms with Crippen molar-refractivity contribution in [1.82, 2.24) is 0 Å². The van der Waals surface area contributed by atoms with Gasteiger partial charge in [-0.3, -0.25) is 0 Å². The first kappa shape index (κ1) is 40.4. The number of nitriles is 1. The minimum absolute atomic E-state index is 0.566. The molecule has 0 bridgehead atoms. The average Bonchev–Trinajstić information content (AvgIpc) is 4.01. The van der Waals surface area contributed by atoms with E-state index in [4.69, 9.17) is 8.83 Å². The molecule has 0 unspecified atom stereocenters. The van der Waals surface area contributed by atoms with Crippen molar-refractivity contribution in [2.75, 3.05) is 9.80 Å². The summed E-state index contributed by atoms with van der Waals surface area (Å²) in [6, 6.07) is 83.8. The summed E-state index contributed by atoms with van der Waals surface area (Å²) < 4.78 is 13.6. The molecule has 0 atom stereocenters. The Balaban J connectivity index is 1.05. The highest BCUT2D eigenvalue weighted by Gasteiger charge is 2.26. The van der Waals surface area contributed by atoms with Crippen LogP contribution < -0.4 is 9.80 Å². The predicted octanol–water partition coefficient (Wildman–Crippen LogP) is 18.8. The number of furan rings is 2. The van der Waals surface area contributed by atoms with E-state index < -0.39 is 0 Å². The largest absolute Gasteiger partial charge is 0.454 e. The quantitative estimate of drug-likeness (QED) is 0.142. The van der Waals surface area contributed by atoms with Gasteiger partial charge in [-0.1, -0.05) is 164 Å². The van der Waals surface area contributed by atoms with Crippen molar-refractivity contribution in [3.05, 3.63) is 242 Å². The number of rotatable bonds is 8. The molecule has 2 heterocycles. The molecule has 14 aromatic rings. The Morgan fingerprint density at radius 1 is 0.352 bits per heavy atom. The van der Waals surface area contributed by atoms with E-state index in [1.165, 1.54) is 0 Å². The molecule has 0 aliphatic heterocycles. The Labute approximate surface area is 409 Å². The lowest BCUT2D eigenvalue weighted by Gasteiger charge is -2.30. The van der Waals surface area contributed by atoms with Crippen LogP contribution in [0.4, 0.5) is 34.1 Å². The first-order chi connectivity index (χ1) is 35.1. The fraction of sp³-hybridized carbons (Fsp3) is 0.0152. The van der Waals surface area contributed by atoms with Crippen LogP contribution in [0.2, 0.25) is 0 Å². The molecule has 0 N–H and O–H groups in total. The van der Waals surface area contributed by atoms with Crippen molar-refractivity contribution in [1.29, 1.82) is 5.26 Å². The van der Waals surface area contributed by atoms with Crippen LogP contribution >= 0.6 is 0 Å². The van der Waals surface area contributed by atoms with Gasteiger partial charge in [0.1, 0.15) is 11.2 Å². The van der Waals surface area contributed by atoms with Crippen LogP contribution in [-0.4, -0.2) is 0 Å². The molecule has 0 saturated heterocycles. The number of aryl methyl sites for hydroxylation is 1. The SMILES string of the molecule is Cc1cc(-c2ccccc2)cc(N(c2ccc3ccc4c(N(c5cc(C#N)cc(-c6ccccc6)c5)c5cccc6c5oc5ccccc56)ccc5ccc2c3c54)c2cccc3c2oc2ccccc23)c1. The normalized spacial score (nSPS) is 11.7. The van der Waals surface area contributed by atoms with Gasteiger partial charge in [0.15, 0.2) is 11.2 Å². The molecule has 0 radical (unpaired) electrons. The van der Waals surface area contributed by atoms with Gasteiger partial charge in [0, 0.05) is 43.7 Å². The van der Waals surface area contributed by atoms with E-state index in [9.17, 15) is 5.26 Å². The van der Waals surface area contributed by atoms with Crippen LogP contribution in [0.15, 0.2) is 239 Å². The molecular formula is C66H41N3O2. The molecule has 71 heavy (non-hydrogen) atoms. The average molecular weight is 908 g/mol. The van der Waals surface area contributed by atoms with E-state index in [1.807, 2.05) is 48.5 Å². The van der Waals surface area contributed by atoms with Crippen LogP contribution in [0.25, 0.3) is 98.4 Å². The summed E-state index contributed by atoms with van der Waals surface area (Å²) in [5.74, 6) is 0. The summed E-state index contributed by atoms with van der Waals surface area (Å²) in [7, 11) is 0. The molecular weight excluding hydrogens is 867 g/mol. The molecule has 0 amide bonds. The Bertz CT molecular complexity index is 4450. The van der Waals surface area contributed by atoms with Crippen molar-refractivity contribution in [2.24, 2.45) is 0 Å². The fourth-order valence-electron chi connectivity index (χ4n) is 11.1. The lowest BCUT2D eigenvalue weighted by molar-refractivity contribution is 0.669. The number of fused-ring (bicyclic) bond motifs is 6. The Morgan fingerprint density at radius 3 is 1.32 bits per heavy atom. The summed E-state index contributed by atoms with van der Waals surface area (Å²) in [6.07, 6.45) is 0. The maximum atomic E-state index is 10.6. The van der Waals surface area contributed by atoms with Gasteiger partial charge in [-0.25, -0.2) is 0 Å². The van der Waals surface area contributed by atoms with Gasteiger partial charge in [0.25, 0.3) is 0 Å². The molecule has 0 saturated carbocycles. The maximum absolute atomic E-state index is 10.6. The van der Waals surface area contributed by atoms with Crippen molar-refractivity contribution < 1.29 is 8.83 Å². The zero-order valence-corrected chi connectivity index (χ0v) is 38.6. The molecule has 2 aromatic heterocycles. The minimum atomic E-state index is 0.566. The van der Waals surface area contributed by atoms with Crippen molar-refractivity contribution in [3.63, 3.8) is 0 Å². The third kappa shape index (κ3) is 6.46. The molecule has 0 aliphatic carbocycles. The third-order valence-electron chi connectivity index (χ3n) is 14.2. The third-order valence-corrected chi connectivity index (χ3v) is 14.2. The molecule has 0 aliphatic rings. The predicted molar refractivity (Wildman–Crippen MR) is 294 cm³/mol. The molecule has 12 aromatic carbocycles. The maximum Gasteiger partial charge on any atom is 0.159 e. The summed E-state index contributed by atoms with van der Waals surface area (Å²) in [4.78, 5) is 4.68. The van der Waals surface area contributed by atoms with Gasteiger partial charge in [0.05, 0.1) is 34.4 Å². The van der Waals surface area contributed by atoms with Gasteiger partial charge < -0.3 is 18.6 Å². The van der Waals surface area contributed by atoms with Gasteiger partial charge in [-0.05, 0) is 123 Å². The number of hydrogen-bond acceptors (Lipinski definition) is 5. The van der Waals surface area contributed by atoms with Crippen LogP contribution in [0, 0.1) is 18.3 Å². The van der Waals surface area contributed by atoms with E-state index in [1.54, 1.807) is 0 Å². The fourth-order valence-corrected chi connectivity index (χ4v) is 11.1. The molecule has 14 rings (SSSR count). The molecule has 0 spiro atoms. The second-order valence-corrected chi connectivity index (χ2v) is 18.4. The monoisotopic (exact) mass is 907 g/mol. The summed E-state index contributed by atoms with van der Waals surface area (Å²) in [6.45, 7) is 2.17. The number of para-hydroxylation sites is 4. The number of anilines is 6. The van der Waals surface area contributed by atoms with Gasteiger partial charge in [-0.2, -0.15) is 5.26 Å². The van der Waals surface area contributed by atoms with Gasteiger partial charge in [0.2, 0.25) is 0 Å². The highest BCUT2D eigenvalue weighted by molar-refractivity contribution is 6.29. The topological polar surface area (TPSA) is 56.5 Å². The minimum Gasteiger partial charge on any atom is -0.454 e. The number of hydrogen-bond donors (Lipinski definition) is 0. The molecule has 5 heteroatoms. The summed E-state index contributed by atoms with van der Waals surface area (Å²) >= 11 is 0. The molecule has 332 valence electrons. The van der Waals surface area contributed by atoms with Gasteiger partial charge in [-0.15, -0.1) is 0 Å². The van der Waals surface area contributed by atoms with Crippen molar-refractivity contribution in [2.45, 2.75) is 6.92 Å². The molecule has 0 fully saturated rings. The first-order valence-electron chi connectivity index (χ1n) is 24.0. The van der Waals surface area contributed by atoms with E-state index in [2.05, 4.69) is 205 Å². The summed E-state index contributed by atoms with van der Waals surface area (Å²) in [5, 5.41) is 21.6. The zero-order chi connectivity index (χ0) is 47.2. The van der Waals surface area contributed by atoms with Gasteiger partial charge >= 0.3 is 0 Å². The Hall–Kier alpha value is -9.63. The second-order valence-electron chi connectivity index (χ2n) is 18.4. The Kier molecular flexibility index (Phi) is 9.11. The number of nitrogens with zero attached hydrogens (tertiary/aromatic N) is 3. The zero-order valence-electron chi connectivity index (χ0n) is 38.6. The summed E-state index contributed by atoms with van der Waals surface area (Å²) in [5.41, 5.74) is 15.0. The number of benzene rings is 12. The van der Waals surface area contributed by atoms with Crippen LogP contribution in [-0.2, 0) is 0 Å². The van der Waals surface area contributed by atoms with Crippen molar-refractivity contribution in [3.8, 4) is 28.3 Å². The first-order valence-corrected chi connectivity index (χ1v) is 24.0. The second kappa shape index (κ2) is 16.0. The van der Waals surface area contributed by atoms with E-state index in [0.717, 1.165) is 138 Å². The Morgan fingerprint density at radius 2 is 0.803 bits per heavy atom. The van der Waals surface area contributed by atoms with Crippen LogP contribution in [0.3, 0.4) is 0 Å². The van der Waals surface area contributed by atoms with Crippen molar-refractivity contribution >= 4 is 110 Å².